The minimum atomic E-state index is -0.595. The van der Waals surface area contributed by atoms with E-state index in [0.717, 1.165) is 13.1 Å². The van der Waals surface area contributed by atoms with Gasteiger partial charge in [-0.15, -0.1) is 0 Å². The lowest BCUT2D eigenvalue weighted by Gasteiger charge is -2.28. The summed E-state index contributed by atoms with van der Waals surface area (Å²) in [6.07, 6.45) is 6.10. The number of hydrogen-bond acceptors (Lipinski definition) is 5. The molecule has 110 valence electrons. The van der Waals surface area contributed by atoms with Gasteiger partial charge in [-0.2, -0.15) is 0 Å². The Balaban J connectivity index is 1.63. The van der Waals surface area contributed by atoms with Gasteiger partial charge in [0.2, 0.25) is 0 Å². The van der Waals surface area contributed by atoms with Gasteiger partial charge in [0, 0.05) is 18.9 Å². The number of piperidine rings is 1. The van der Waals surface area contributed by atoms with Crippen LogP contribution in [0.5, 0.6) is 0 Å². The highest BCUT2D eigenvalue weighted by atomic mass is 16.7. The first-order valence-electron chi connectivity index (χ1n) is 6.98. The van der Waals surface area contributed by atoms with Gasteiger partial charge in [0.1, 0.15) is 6.61 Å². The lowest BCUT2D eigenvalue weighted by atomic mass is 10.1. The van der Waals surface area contributed by atoms with E-state index in [4.69, 9.17) is 4.84 Å². The molecule has 1 amide bonds. The van der Waals surface area contributed by atoms with Gasteiger partial charge in [0.05, 0.1) is 11.7 Å². The molecule has 2 N–H and O–H groups in total. The van der Waals surface area contributed by atoms with Crippen molar-refractivity contribution in [3.63, 3.8) is 0 Å². The molecule has 1 aliphatic rings. The molecular weight excluding hydrogens is 258 g/mol. The highest BCUT2D eigenvalue weighted by Crippen LogP contribution is 2.08. The van der Waals surface area contributed by atoms with Crippen LogP contribution in [0.2, 0.25) is 0 Å². The van der Waals surface area contributed by atoms with Gasteiger partial charge in [0.25, 0.3) is 5.91 Å². The van der Waals surface area contributed by atoms with Crippen molar-refractivity contribution in [2.75, 3.05) is 26.2 Å². The molecule has 0 saturated carbocycles. The third kappa shape index (κ3) is 4.88. The van der Waals surface area contributed by atoms with E-state index in [9.17, 15) is 9.90 Å². The number of amides is 1. The van der Waals surface area contributed by atoms with Gasteiger partial charge in [-0.1, -0.05) is 6.42 Å². The van der Waals surface area contributed by atoms with E-state index >= 15 is 0 Å². The molecule has 1 atom stereocenters. The predicted molar refractivity (Wildman–Crippen MR) is 74.0 cm³/mol. The highest BCUT2D eigenvalue weighted by molar-refractivity contribution is 5.92. The molecule has 1 aromatic heterocycles. The molecule has 0 bridgehead atoms. The van der Waals surface area contributed by atoms with Crippen LogP contribution in [-0.4, -0.2) is 53.2 Å². The van der Waals surface area contributed by atoms with Gasteiger partial charge in [-0.25, -0.2) is 5.48 Å². The maximum absolute atomic E-state index is 11.6. The zero-order chi connectivity index (χ0) is 14.2. The fourth-order valence-corrected chi connectivity index (χ4v) is 2.25. The van der Waals surface area contributed by atoms with Crippen molar-refractivity contribution in [1.82, 2.24) is 15.4 Å². The van der Waals surface area contributed by atoms with E-state index in [2.05, 4.69) is 15.4 Å². The van der Waals surface area contributed by atoms with Crippen LogP contribution in [0, 0.1) is 0 Å². The third-order valence-electron chi connectivity index (χ3n) is 3.28. The standard InChI is InChI=1S/C14H21N3O3/c18-13(10-17-7-2-1-3-8-17)11-20-16-14(19)12-5-4-6-15-9-12/h4-6,9,13,18H,1-3,7-8,10-11H2,(H,16,19). The number of β-amino-alcohol motifs (C(OH)–C–C–N with tert-alkyl or cyclic N) is 1. The second kappa shape index (κ2) is 7.94. The second-order valence-corrected chi connectivity index (χ2v) is 5.00. The number of aromatic nitrogens is 1. The zero-order valence-electron chi connectivity index (χ0n) is 11.5. The molecule has 1 saturated heterocycles. The molecule has 20 heavy (non-hydrogen) atoms. The number of aliphatic hydroxyl groups excluding tert-OH is 1. The number of nitrogens with zero attached hydrogens (tertiary/aromatic N) is 2. The van der Waals surface area contributed by atoms with Crippen molar-refractivity contribution in [3.8, 4) is 0 Å². The fourth-order valence-electron chi connectivity index (χ4n) is 2.25. The van der Waals surface area contributed by atoms with E-state index in [-0.39, 0.29) is 12.5 Å². The third-order valence-corrected chi connectivity index (χ3v) is 3.28. The van der Waals surface area contributed by atoms with Crippen LogP contribution in [0.25, 0.3) is 0 Å². The topological polar surface area (TPSA) is 74.7 Å². The van der Waals surface area contributed by atoms with Crippen molar-refractivity contribution in [3.05, 3.63) is 30.1 Å². The summed E-state index contributed by atoms with van der Waals surface area (Å²) in [7, 11) is 0. The molecule has 2 rings (SSSR count). The van der Waals surface area contributed by atoms with E-state index in [1.54, 1.807) is 18.3 Å². The molecule has 1 aromatic rings. The first kappa shape index (κ1) is 14.9. The summed E-state index contributed by atoms with van der Waals surface area (Å²) in [5.41, 5.74) is 2.74. The fraction of sp³-hybridized carbons (Fsp3) is 0.571. The quantitative estimate of drug-likeness (QED) is 0.746. The number of carbonyl (C=O) groups excluding carboxylic acids is 1. The van der Waals surface area contributed by atoms with Crippen molar-refractivity contribution >= 4 is 5.91 Å². The first-order chi connectivity index (χ1) is 9.75. The monoisotopic (exact) mass is 279 g/mol. The van der Waals surface area contributed by atoms with Crippen LogP contribution in [0.1, 0.15) is 29.6 Å². The van der Waals surface area contributed by atoms with Crippen LogP contribution in [-0.2, 0) is 4.84 Å². The molecule has 2 heterocycles. The summed E-state index contributed by atoms with van der Waals surface area (Å²) in [5.74, 6) is -0.358. The van der Waals surface area contributed by atoms with Crippen LogP contribution in [0.4, 0.5) is 0 Å². The minimum absolute atomic E-state index is 0.0858. The molecular formula is C14H21N3O3. The maximum Gasteiger partial charge on any atom is 0.276 e. The van der Waals surface area contributed by atoms with Crippen LogP contribution in [0.3, 0.4) is 0 Å². The van der Waals surface area contributed by atoms with Crippen molar-refractivity contribution in [2.45, 2.75) is 25.4 Å². The normalized spacial score (nSPS) is 17.6. The summed E-state index contributed by atoms with van der Waals surface area (Å²) in [6.45, 7) is 2.73. The Labute approximate surface area is 118 Å². The van der Waals surface area contributed by atoms with Gasteiger partial charge in [-0.3, -0.25) is 14.6 Å². The van der Waals surface area contributed by atoms with Crippen LogP contribution < -0.4 is 5.48 Å². The molecule has 1 unspecified atom stereocenters. The Hall–Kier alpha value is -1.50. The van der Waals surface area contributed by atoms with Gasteiger partial charge in [0.15, 0.2) is 0 Å². The molecule has 6 nitrogen and oxygen atoms in total. The summed E-state index contributed by atoms with van der Waals surface area (Å²) in [5, 5.41) is 9.85. The smallest absolute Gasteiger partial charge is 0.276 e. The average Bonchev–Trinajstić information content (AvgIpc) is 2.49. The van der Waals surface area contributed by atoms with E-state index in [1.807, 2.05) is 0 Å². The molecule has 0 aromatic carbocycles. The molecule has 1 fully saturated rings. The molecule has 0 radical (unpaired) electrons. The van der Waals surface area contributed by atoms with Gasteiger partial charge < -0.3 is 10.0 Å². The predicted octanol–water partition coefficient (Wildman–Crippen LogP) is 0.590. The molecule has 0 aliphatic carbocycles. The van der Waals surface area contributed by atoms with Crippen molar-refractivity contribution in [2.24, 2.45) is 0 Å². The van der Waals surface area contributed by atoms with E-state index in [0.29, 0.717) is 12.1 Å². The number of pyridine rings is 1. The van der Waals surface area contributed by atoms with Gasteiger partial charge >= 0.3 is 0 Å². The minimum Gasteiger partial charge on any atom is -0.389 e. The summed E-state index contributed by atoms with van der Waals surface area (Å²) < 4.78 is 0. The Morgan fingerprint density at radius 2 is 2.25 bits per heavy atom. The summed E-state index contributed by atoms with van der Waals surface area (Å²) in [4.78, 5) is 22.8. The number of likely N-dealkylation sites (tertiary alicyclic amines) is 1. The second-order valence-electron chi connectivity index (χ2n) is 5.00. The van der Waals surface area contributed by atoms with Crippen LogP contribution >= 0.6 is 0 Å². The van der Waals surface area contributed by atoms with Crippen LogP contribution in [0.15, 0.2) is 24.5 Å². The number of aliphatic hydroxyl groups is 1. The Morgan fingerprint density at radius 3 is 2.95 bits per heavy atom. The van der Waals surface area contributed by atoms with E-state index < -0.39 is 6.10 Å². The van der Waals surface area contributed by atoms with Gasteiger partial charge in [-0.05, 0) is 38.1 Å². The highest BCUT2D eigenvalue weighted by Gasteiger charge is 2.15. The molecule has 6 heteroatoms. The number of hydroxylamine groups is 1. The number of carbonyl (C=O) groups is 1. The van der Waals surface area contributed by atoms with E-state index in [1.165, 1.54) is 25.5 Å². The van der Waals surface area contributed by atoms with Crippen molar-refractivity contribution < 1.29 is 14.7 Å². The Bertz CT molecular complexity index is 407. The average molecular weight is 279 g/mol. The number of hydrogen-bond donors (Lipinski definition) is 2. The van der Waals surface area contributed by atoms with Crippen molar-refractivity contribution in [1.29, 1.82) is 0 Å². The SMILES string of the molecule is O=C(NOCC(O)CN1CCCCC1)c1cccnc1. The number of rotatable bonds is 6. The summed E-state index contributed by atoms with van der Waals surface area (Å²) >= 11 is 0. The molecule has 0 spiro atoms. The first-order valence-corrected chi connectivity index (χ1v) is 6.98. The maximum atomic E-state index is 11.6. The largest absolute Gasteiger partial charge is 0.389 e. The lowest BCUT2D eigenvalue weighted by Crippen LogP contribution is -2.39. The Morgan fingerprint density at radius 1 is 1.45 bits per heavy atom. The zero-order valence-corrected chi connectivity index (χ0v) is 11.5. The number of nitrogens with one attached hydrogen (secondary N) is 1. The summed E-state index contributed by atoms with van der Waals surface area (Å²) in [6, 6.07) is 3.33. The molecule has 1 aliphatic heterocycles. The Kier molecular flexibility index (Phi) is 5.91. The lowest BCUT2D eigenvalue weighted by molar-refractivity contribution is -0.0242.